The Hall–Kier alpha value is -1.16. The summed E-state index contributed by atoms with van der Waals surface area (Å²) < 4.78 is 6.80. The number of halogens is 1. The molecule has 0 aromatic heterocycles. The molecule has 3 heteroatoms. The second-order valence-corrected chi connectivity index (χ2v) is 5.51. The van der Waals surface area contributed by atoms with E-state index in [-0.39, 0.29) is 0 Å². The molecule has 0 heterocycles. The van der Waals surface area contributed by atoms with Gasteiger partial charge in [0.15, 0.2) is 0 Å². The molecule has 2 aromatic rings. The van der Waals surface area contributed by atoms with Crippen LogP contribution in [0, 0.1) is 0 Å². The highest BCUT2D eigenvalue weighted by atomic mass is 79.9. The van der Waals surface area contributed by atoms with Gasteiger partial charge in [-0.3, -0.25) is 0 Å². The zero-order chi connectivity index (χ0) is 14.0. The van der Waals surface area contributed by atoms with Gasteiger partial charge in [0.1, 0.15) is 0 Å². The first-order valence-electron chi connectivity index (χ1n) is 6.92. The molecular weight excluding hydrogens is 314 g/mol. The Morgan fingerprint density at radius 1 is 0.950 bits per heavy atom. The van der Waals surface area contributed by atoms with Crippen molar-refractivity contribution in [1.29, 1.82) is 0 Å². The zero-order valence-electron chi connectivity index (χ0n) is 11.5. The molecule has 0 aliphatic carbocycles. The van der Waals surface area contributed by atoms with Crippen LogP contribution in [0.1, 0.15) is 17.5 Å². The maximum Gasteiger partial charge on any atom is 0.0727 e. The summed E-state index contributed by atoms with van der Waals surface area (Å²) in [7, 11) is 0. The van der Waals surface area contributed by atoms with Crippen LogP contribution in [0.25, 0.3) is 0 Å². The van der Waals surface area contributed by atoms with Crippen molar-refractivity contribution in [3.63, 3.8) is 0 Å². The van der Waals surface area contributed by atoms with Crippen LogP contribution in [0.4, 0.5) is 0 Å². The van der Waals surface area contributed by atoms with Gasteiger partial charge in [0.2, 0.25) is 0 Å². The number of nitrogens with one attached hydrogen (secondary N) is 1. The first-order valence-corrected chi connectivity index (χ1v) is 7.71. The van der Waals surface area contributed by atoms with Gasteiger partial charge in [-0.2, -0.15) is 0 Å². The van der Waals surface area contributed by atoms with Crippen LogP contribution in [-0.4, -0.2) is 13.2 Å². The Morgan fingerprint density at radius 3 is 2.50 bits per heavy atom. The third kappa shape index (κ3) is 5.45. The Bertz CT molecular complexity index is 501. The zero-order valence-corrected chi connectivity index (χ0v) is 13.1. The fraction of sp³-hybridized carbons (Fsp3) is 0.294. The number of rotatable bonds is 8. The average molecular weight is 334 g/mol. The van der Waals surface area contributed by atoms with Gasteiger partial charge in [-0.1, -0.05) is 64.5 Å². The lowest BCUT2D eigenvalue weighted by Crippen LogP contribution is -2.16. The van der Waals surface area contributed by atoms with E-state index in [1.54, 1.807) is 0 Å². The van der Waals surface area contributed by atoms with E-state index in [1.807, 2.05) is 24.3 Å². The third-order valence-electron chi connectivity index (χ3n) is 3.03. The monoisotopic (exact) mass is 333 g/mol. The molecule has 0 aliphatic heterocycles. The van der Waals surface area contributed by atoms with E-state index in [0.717, 1.165) is 30.6 Å². The summed E-state index contributed by atoms with van der Waals surface area (Å²) in [5.74, 6) is 0. The molecule has 2 nitrogen and oxygen atoms in total. The minimum Gasteiger partial charge on any atom is -0.377 e. The standard InChI is InChI=1S/C17H20BrNO/c18-17-10-5-4-9-16(17)14-20-12-6-11-19-13-15-7-2-1-3-8-15/h1-5,7-10,19H,6,11-14H2. The van der Waals surface area contributed by atoms with Gasteiger partial charge in [0.25, 0.3) is 0 Å². The molecule has 2 rings (SSSR count). The van der Waals surface area contributed by atoms with Crippen LogP contribution < -0.4 is 5.32 Å². The van der Waals surface area contributed by atoms with Gasteiger partial charge < -0.3 is 10.1 Å². The van der Waals surface area contributed by atoms with E-state index in [9.17, 15) is 0 Å². The Morgan fingerprint density at radius 2 is 1.70 bits per heavy atom. The van der Waals surface area contributed by atoms with Crippen LogP contribution in [-0.2, 0) is 17.9 Å². The normalized spacial score (nSPS) is 10.7. The molecular formula is C17H20BrNO. The molecule has 0 saturated carbocycles. The van der Waals surface area contributed by atoms with Crippen molar-refractivity contribution in [2.45, 2.75) is 19.6 Å². The first-order chi connectivity index (χ1) is 9.86. The minimum absolute atomic E-state index is 0.667. The third-order valence-corrected chi connectivity index (χ3v) is 3.80. The smallest absolute Gasteiger partial charge is 0.0727 e. The molecule has 20 heavy (non-hydrogen) atoms. The average Bonchev–Trinajstić information content (AvgIpc) is 2.49. The van der Waals surface area contributed by atoms with Crippen LogP contribution in [0.5, 0.6) is 0 Å². The van der Waals surface area contributed by atoms with Crippen molar-refractivity contribution in [2.75, 3.05) is 13.2 Å². The lowest BCUT2D eigenvalue weighted by atomic mass is 10.2. The predicted molar refractivity (Wildman–Crippen MR) is 86.6 cm³/mol. The highest BCUT2D eigenvalue weighted by Gasteiger charge is 1.98. The summed E-state index contributed by atoms with van der Waals surface area (Å²) in [6, 6.07) is 18.6. The maximum absolute atomic E-state index is 5.68. The van der Waals surface area contributed by atoms with E-state index in [1.165, 1.54) is 11.1 Å². The number of hydrogen-bond acceptors (Lipinski definition) is 2. The van der Waals surface area contributed by atoms with E-state index in [2.05, 4.69) is 51.6 Å². The number of ether oxygens (including phenoxy) is 1. The van der Waals surface area contributed by atoms with Crippen LogP contribution in [0.3, 0.4) is 0 Å². The van der Waals surface area contributed by atoms with E-state index in [4.69, 9.17) is 4.74 Å². The van der Waals surface area contributed by atoms with Crippen LogP contribution in [0.2, 0.25) is 0 Å². The molecule has 0 amide bonds. The van der Waals surface area contributed by atoms with E-state index >= 15 is 0 Å². The summed E-state index contributed by atoms with van der Waals surface area (Å²) >= 11 is 3.52. The van der Waals surface area contributed by atoms with Crippen LogP contribution in [0.15, 0.2) is 59.1 Å². The highest BCUT2D eigenvalue weighted by molar-refractivity contribution is 9.10. The molecule has 0 atom stereocenters. The molecule has 0 saturated heterocycles. The van der Waals surface area contributed by atoms with Crippen LogP contribution >= 0.6 is 15.9 Å². The Labute approximate surface area is 129 Å². The second kappa shape index (κ2) is 8.90. The molecule has 2 aromatic carbocycles. The van der Waals surface area contributed by atoms with Gasteiger partial charge in [-0.15, -0.1) is 0 Å². The molecule has 106 valence electrons. The Kier molecular flexibility index (Phi) is 6.78. The van der Waals surface area contributed by atoms with Gasteiger partial charge in [-0.05, 0) is 30.2 Å². The van der Waals surface area contributed by atoms with Gasteiger partial charge in [0, 0.05) is 17.6 Å². The van der Waals surface area contributed by atoms with Gasteiger partial charge >= 0.3 is 0 Å². The second-order valence-electron chi connectivity index (χ2n) is 4.66. The fourth-order valence-corrected chi connectivity index (χ4v) is 2.32. The number of benzene rings is 2. The number of hydrogen-bond donors (Lipinski definition) is 1. The quantitative estimate of drug-likeness (QED) is 0.733. The lowest BCUT2D eigenvalue weighted by Gasteiger charge is -2.07. The Balaban J connectivity index is 1.53. The summed E-state index contributed by atoms with van der Waals surface area (Å²) in [6.45, 7) is 3.35. The fourth-order valence-electron chi connectivity index (χ4n) is 1.93. The summed E-state index contributed by atoms with van der Waals surface area (Å²) in [4.78, 5) is 0. The topological polar surface area (TPSA) is 21.3 Å². The molecule has 0 bridgehead atoms. The van der Waals surface area contributed by atoms with Gasteiger partial charge in [0.05, 0.1) is 6.61 Å². The van der Waals surface area contributed by atoms with Crippen molar-refractivity contribution >= 4 is 15.9 Å². The summed E-state index contributed by atoms with van der Waals surface area (Å²) in [5, 5.41) is 3.42. The molecule has 0 spiro atoms. The maximum atomic E-state index is 5.68. The lowest BCUT2D eigenvalue weighted by molar-refractivity contribution is 0.118. The van der Waals surface area contributed by atoms with Gasteiger partial charge in [-0.25, -0.2) is 0 Å². The molecule has 0 unspecified atom stereocenters. The van der Waals surface area contributed by atoms with Crippen molar-refractivity contribution < 1.29 is 4.74 Å². The predicted octanol–water partition coefficient (Wildman–Crippen LogP) is 4.15. The van der Waals surface area contributed by atoms with E-state index < -0.39 is 0 Å². The van der Waals surface area contributed by atoms with Crippen molar-refractivity contribution in [3.8, 4) is 0 Å². The molecule has 0 radical (unpaired) electrons. The molecule has 0 fully saturated rings. The largest absolute Gasteiger partial charge is 0.377 e. The van der Waals surface area contributed by atoms with Crippen molar-refractivity contribution in [2.24, 2.45) is 0 Å². The highest BCUT2D eigenvalue weighted by Crippen LogP contribution is 2.16. The van der Waals surface area contributed by atoms with Crippen molar-refractivity contribution in [1.82, 2.24) is 5.32 Å². The summed E-state index contributed by atoms with van der Waals surface area (Å²) in [6.07, 6.45) is 1.03. The molecule has 0 aliphatic rings. The van der Waals surface area contributed by atoms with E-state index in [0.29, 0.717) is 6.61 Å². The van der Waals surface area contributed by atoms with Crippen molar-refractivity contribution in [3.05, 3.63) is 70.2 Å². The first kappa shape index (κ1) is 15.2. The SMILES string of the molecule is Brc1ccccc1COCCCNCc1ccccc1. The minimum atomic E-state index is 0.667. The molecule has 1 N–H and O–H groups in total. The summed E-state index contributed by atoms with van der Waals surface area (Å²) in [5.41, 5.74) is 2.52.